The predicted molar refractivity (Wildman–Crippen MR) is 124 cm³/mol. The molecule has 0 bridgehead atoms. The maximum absolute atomic E-state index is 14.1. The molecule has 0 aliphatic heterocycles. The van der Waals surface area contributed by atoms with Crippen LogP contribution in [-0.2, 0) is 0 Å². The van der Waals surface area contributed by atoms with Crippen molar-refractivity contribution in [1.29, 1.82) is 0 Å². The van der Waals surface area contributed by atoms with Crippen molar-refractivity contribution in [2.45, 2.75) is 71.4 Å². The minimum Gasteiger partial charge on any atom is -0.490 e. The first-order chi connectivity index (χ1) is 15.2. The van der Waals surface area contributed by atoms with Gasteiger partial charge in [0.05, 0.1) is 6.10 Å². The van der Waals surface area contributed by atoms with E-state index < -0.39 is 11.7 Å². The zero-order valence-electron chi connectivity index (χ0n) is 19.0. The van der Waals surface area contributed by atoms with Crippen molar-refractivity contribution in [2.75, 3.05) is 0 Å². The Morgan fingerprint density at radius 2 is 1.97 bits per heavy atom. The number of hydrogen-bond donors (Lipinski definition) is 2. The Balaban J connectivity index is 1.56. The van der Waals surface area contributed by atoms with Crippen LogP contribution >= 0.6 is 0 Å². The van der Waals surface area contributed by atoms with Crippen LogP contribution in [0.15, 0.2) is 46.9 Å². The van der Waals surface area contributed by atoms with Crippen LogP contribution in [0.4, 0.5) is 8.78 Å². The summed E-state index contributed by atoms with van der Waals surface area (Å²) in [4.78, 5) is 14.9. The molecule has 0 saturated heterocycles. The third-order valence-corrected chi connectivity index (χ3v) is 7.60. The quantitative estimate of drug-likeness (QED) is 0.604. The lowest BCUT2D eigenvalue weighted by molar-refractivity contribution is 0.0260. The first-order valence-corrected chi connectivity index (χ1v) is 11.5. The molecule has 2 atom stereocenters. The number of nitrogens with two attached hydrogens (primary N) is 1. The second-order valence-electron chi connectivity index (χ2n) is 9.43. The van der Waals surface area contributed by atoms with Gasteiger partial charge in [-0.3, -0.25) is 4.79 Å². The third kappa shape index (κ3) is 4.01. The molecule has 1 heterocycles. The van der Waals surface area contributed by atoms with E-state index in [0.717, 1.165) is 60.4 Å². The highest BCUT2D eigenvalue weighted by Gasteiger charge is 2.46. The Morgan fingerprint density at radius 3 is 2.62 bits per heavy atom. The van der Waals surface area contributed by atoms with Gasteiger partial charge in [0, 0.05) is 30.1 Å². The van der Waals surface area contributed by atoms with Gasteiger partial charge in [0.25, 0.3) is 5.56 Å². The molecule has 1 aromatic carbocycles. The van der Waals surface area contributed by atoms with Crippen molar-refractivity contribution in [2.24, 2.45) is 17.1 Å². The summed E-state index contributed by atoms with van der Waals surface area (Å²) in [5, 5.41) is 1.55. The van der Waals surface area contributed by atoms with E-state index in [9.17, 15) is 13.6 Å². The van der Waals surface area contributed by atoms with Crippen LogP contribution in [-0.4, -0.2) is 17.1 Å². The van der Waals surface area contributed by atoms with Gasteiger partial charge in [0.15, 0.2) is 0 Å². The molecule has 2 aliphatic carbocycles. The maximum Gasteiger partial charge on any atom is 0.255 e. The second kappa shape index (κ2) is 8.81. The van der Waals surface area contributed by atoms with Crippen molar-refractivity contribution in [3.63, 3.8) is 0 Å². The molecule has 4 rings (SSSR count). The van der Waals surface area contributed by atoms with Crippen molar-refractivity contribution < 1.29 is 13.5 Å². The summed E-state index contributed by atoms with van der Waals surface area (Å²) in [7, 11) is 0. The number of pyridine rings is 1. The fraction of sp³-hybridized carbons (Fsp3) is 0.500. The summed E-state index contributed by atoms with van der Waals surface area (Å²) >= 11 is 0. The van der Waals surface area contributed by atoms with E-state index in [-0.39, 0.29) is 35.5 Å². The molecule has 32 heavy (non-hydrogen) atoms. The number of ether oxygens (including phenoxy) is 1. The molecule has 3 N–H and O–H groups in total. The molecule has 6 heteroatoms. The van der Waals surface area contributed by atoms with Crippen LogP contribution in [0.25, 0.3) is 10.8 Å². The number of nitrogens with one attached hydrogen (secondary N) is 1. The van der Waals surface area contributed by atoms with Gasteiger partial charge in [-0.2, -0.15) is 0 Å². The SMILES string of the molecule is CCC(N)[C@]1(C2C=C(F)C=C(F)C2)CC[C@H](Oc2c(C)cc3c(=O)[nH]ccc3c2C)CC1. The molecule has 2 unspecified atom stereocenters. The zero-order chi connectivity index (χ0) is 23.0. The van der Waals surface area contributed by atoms with E-state index >= 15 is 0 Å². The Morgan fingerprint density at radius 1 is 1.25 bits per heavy atom. The number of rotatable bonds is 5. The lowest BCUT2D eigenvalue weighted by atomic mass is 9.59. The standard InChI is InChI=1S/C26H32F2N2O2/c1-4-23(29)26(17-12-18(27)14-19(28)13-17)8-5-20(6-9-26)32-24-15(2)11-22-21(16(24)3)7-10-30-25(22)31/h7,10-12,14,17,20,23H,4-6,8-9,13,29H2,1-3H3,(H,30,31)/t17?,20-,23?,26+. The van der Waals surface area contributed by atoms with Crippen LogP contribution in [0, 0.1) is 25.2 Å². The van der Waals surface area contributed by atoms with Gasteiger partial charge in [-0.05, 0) is 92.0 Å². The lowest BCUT2D eigenvalue weighted by Crippen LogP contribution is -2.50. The van der Waals surface area contributed by atoms with Crippen LogP contribution in [0.3, 0.4) is 0 Å². The number of fused-ring (bicyclic) bond motifs is 1. The molecular formula is C26H32F2N2O2. The Hall–Kier alpha value is -2.47. The van der Waals surface area contributed by atoms with E-state index in [1.165, 1.54) is 0 Å². The fourth-order valence-corrected chi connectivity index (χ4v) is 5.77. The number of benzene rings is 1. The maximum atomic E-state index is 14.1. The molecule has 1 saturated carbocycles. The molecule has 1 fully saturated rings. The molecule has 1 aromatic heterocycles. The number of aromatic amines is 1. The van der Waals surface area contributed by atoms with Crippen LogP contribution < -0.4 is 16.0 Å². The molecule has 4 nitrogen and oxygen atoms in total. The van der Waals surface area contributed by atoms with E-state index in [1.807, 2.05) is 32.9 Å². The minimum atomic E-state index is -0.503. The largest absolute Gasteiger partial charge is 0.490 e. The summed E-state index contributed by atoms with van der Waals surface area (Å²) in [5.74, 6) is -0.331. The topological polar surface area (TPSA) is 68.1 Å². The molecule has 2 aliphatic rings. The second-order valence-corrected chi connectivity index (χ2v) is 9.43. The van der Waals surface area contributed by atoms with Gasteiger partial charge >= 0.3 is 0 Å². The van der Waals surface area contributed by atoms with Gasteiger partial charge in [-0.1, -0.05) is 6.92 Å². The summed E-state index contributed by atoms with van der Waals surface area (Å²) < 4.78 is 34.6. The van der Waals surface area contributed by atoms with Crippen molar-refractivity contribution in [3.8, 4) is 5.75 Å². The predicted octanol–water partition coefficient (Wildman–Crippen LogP) is 5.92. The number of aryl methyl sites for hydroxylation is 2. The van der Waals surface area contributed by atoms with Gasteiger partial charge in [-0.25, -0.2) is 8.78 Å². The lowest BCUT2D eigenvalue weighted by Gasteiger charge is -2.48. The van der Waals surface area contributed by atoms with Crippen molar-refractivity contribution >= 4 is 10.8 Å². The molecule has 0 amide bonds. The highest BCUT2D eigenvalue weighted by atomic mass is 19.1. The van der Waals surface area contributed by atoms with Gasteiger partial charge in [0.2, 0.25) is 0 Å². The van der Waals surface area contributed by atoms with E-state index in [0.29, 0.717) is 5.39 Å². The van der Waals surface area contributed by atoms with Crippen molar-refractivity contribution in [1.82, 2.24) is 4.98 Å². The zero-order valence-corrected chi connectivity index (χ0v) is 19.0. The van der Waals surface area contributed by atoms with Crippen LogP contribution in [0.1, 0.15) is 56.6 Å². The van der Waals surface area contributed by atoms with Gasteiger partial charge < -0.3 is 15.5 Å². The van der Waals surface area contributed by atoms with Gasteiger partial charge in [0.1, 0.15) is 17.4 Å². The Kier molecular flexibility index (Phi) is 6.26. The smallest absolute Gasteiger partial charge is 0.255 e. The summed E-state index contributed by atoms with van der Waals surface area (Å²) in [6.07, 6.45) is 8.25. The average molecular weight is 443 g/mol. The van der Waals surface area contributed by atoms with E-state index in [2.05, 4.69) is 4.98 Å². The van der Waals surface area contributed by atoms with Crippen LogP contribution in [0.2, 0.25) is 0 Å². The van der Waals surface area contributed by atoms with E-state index in [4.69, 9.17) is 10.5 Å². The number of aromatic nitrogens is 1. The average Bonchev–Trinajstić information content (AvgIpc) is 2.76. The molecule has 172 valence electrons. The number of halogens is 2. The first kappa shape index (κ1) is 22.7. The Bertz CT molecular complexity index is 1130. The minimum absolute atomic E-state index is 0.00170. The molecular weight excluding hydrogens is 410 g/mol. The van der Waals surface area contributed by atoms with Gasteiger partial charge in [-0.15, -0.1) is 0 Å². The summed E-state index contributed by atoms with van der Waals surface area (Å²) in [6, 6.07) is 3.65. The van der Waals surface area contributed by atoms with E-state index in [1.54, 1.807) is 12.3 Å². The monoisotopic (exact) mass is 442 g/mol. The fourth-order valence-electron chi connectivity index (χ4n) is 5.77. The number of allylic oxidation sites excluding steroid dienone is 4. The first-order valence-electron chi connectivity index (χ1n) is 11.5. The molecule has 2 aromatic rings. The normalized spacial score (nSPS) is 27.1. The van der Waals surface area contributed by atoms with Crippen molar-refractivity contribution in [3.05, 3.63) is 63.6 Å². The van der Waals surface area contributed by atoms with Crippen LogP contribution in [0.5, 0.6) is 5.75 Å². The number of H-pyrrole nitrogens is 1. The molecule has 0 spiro atoms. The highest BCUT2D eigenvalue weighted by molar-refractivity contribution is 5.87. The third-order valence-electron chi connectivity index (χ3n) is 7.60. The highest BCUT2D eigenvalue weighted by Crippen LogP contribution is 2.50. The molecule has 0 radical (unpaired) electrons. The Labute approximate surface area is 187 Å². The summed E-state index contributed by atoms with van der Waals surface area (Å²) in [6.45, 7) is 5.97. The summed E-state index contributed by atoms with van der Waals surface area (Å²) in [5.41, 5.74) is 8.00. The number of hydrogen-bond acceptors (Lipinski definition) is 3.